The normalized spacial score (nSPS) is 17.4. The highest BCUT2D eigenvalue weighted by Crippen LogP contribution is 2.22. The number of amides is 1. The van der Waals surface area contributed by atoms with E-state index >= 15 is 0 Å². The molecule has 0 heterocycles. The molecular weight excluding hydrogens is 226 g/mol. The van der Waals surface area contributed by atoms with Crippen molar-refractivity contribution in [1.29, 1.82) is 0 Å². The summed E-state index contributed by atoms with van der Waals surface area (Å²) in [5, 5.41) is 3.06. The van der Waals surface area contributed by atoms with Crippen LogP contribution in [0.3, 0.4) is 0 Å². The molecule has 1 amide bonds. The predicted molar refractivity (Wildman–Crippen MR) is 77.4 cm³/mol. The second-order valence-electron chi connectivity index (χ2n) is 6.59. The third-order valence-corrected chi connectivity index (χ3v) is 3.53. The Hall–Kier alpha value is -0.610. The van der Waals surface area contributed by atoms with Crippen LogP contribution in [0.4, 0.5) is 0 Å². The van der Waals surface area contributed by atoms with E-state index in [1.165, 1.54) is 0 Å². The van der Waals surface area contributed by atoms with E-state index in [0.29, 0.717) is 6.42 Å². The van der Waals surface area contributed by atoms with Crippen molar-refractivity contribution in [1.82, 2.24) is 10.2 Å². The van der Waals surface area contributed by atoms with Gasteiger partial charge in [0.15, 0.2) is 0 Å². The average molecular weight is 257 g/mol. The van der Waals surface area contributed by atoms with Crippen LogP contribution in [0.15, 0.2) is 0 Å². The largest absolute Gasteiger partial charge is 0.351 e. The molecular formula is C14H31N3O. The van der Waals surface area contributed by atoms with Gasteiger partial charge in [0, 0.05) is 12.6 Å². The zero-order chi connectivity index (χ0) is 14.6. The zero-order valence-corrected chi connectivity index (χ0v) is 13.1. The Morgan fingerprint density at radius 2 is 1.83 bits per heavy atom. The lowest BCUT2D eigenvalue weighted by atomic mass is 9.84. The Kier molecular flexibility index (Phi) is 6.30. The summed E-state index contributed by atoms with van der Waals surface area (Å²) in [5.41, 5.74) is 5.29. The summed E-state index contributed by atoms with van der Waals surface area (Å²) in [5.74, 6) is -0.0521. The average Bonchev–Trinajstić information content (AvgIpc) is 2.15. The van der Waals surface area contributed by atoms with Gasteiger partial charge in [0.25, 0.3) is 0 Å². The standard InChI is InChI=1S/C14H31N3O/c1-8-9-14(5,15)12(18)16-11(2)13(3,4)10-17(6)7/h11H,8-10,15H2,1-7H3,(H,16,18). The lowest BCUT2D eigenvalue weighted by Crippen LogP contribution is -2.57. The molecule has 0 aromatic carbocycles. The van der Waals surface area contributed by atoms with E-state index < -0.39 is 5.54 Å². The smallest absolute Gasteiger partial charge is 0.240 e. The monoisotopic (exact) mass is 257 g/mol. The first-order valence-corrected chi connectivity index (χ1v) is 6.77. The van der Waals surface area contributed by atoms with Gasteiger partial charge in [-0.15, -0.1) is 0 Å². The molecule has 0 spiro atoms. The first-order valence-electron chi connectivity index (χ1n) is 6.77. The van der Waals surface area contributed by atoms with Crippen molar-refractivity contribution >= 4 is 5.91 Å². The van der Waals surface area contributed by atoms with Crippen molar-refractivity contribution in [3.8, 4) is 0 Å². The van der Waals surface area contributed by atoms with E-state index in [1.807, 2.05) is 27.9 Å². The van der Waals surface area contributed by atoms with Gasteiger partial charge in [0.2, 0.25) is 5.91 Å². The Bertz CT molecular complexity index is 272. The van der Waals surface area contributed by atoms with Gasteiger partial charge in [0.05, 0.1) is 5.54 Å². The van der Waals surface area contributed by atoms with Crippen LogP contribution in [-0.2, 0) is 4.79 Å². The fourth-order valence-electron chi connectivity index (χ4n) is 2.14. The molecule has 0 aromatic heterocycles. The minimum atomic E-state index is -0.767. The Morgan fingerprint density at radius 1 is 1.33 bits per heavy atom. The molecule has 0 bridgehead atoms. The first kappa shape index (κ1) is 17.4. The number of hydrogen-bond acceptors (Lipinski definition) is 3. The molecule has 108 valence electrons. The topological polar surface area (TPSA) is 58.4 Å². The van der Waals surface area contributed by atoms with E-state index in [0.717, 1.165) is 13.0 Å². The maximum atomic E-state index is 12.1. The molecule has 0 aromatic rings. The van der Waals surface area contributed by atoms with Gasteiger partial charge in [-0.05, 0) is 39.8 Å². The molecule has 18 heavy (non-hydrogen) atoms. The van der Waals surface area contributed by atoms with Gasteiger partial charge in [-0.25, -0.2) is 0 Å². The molecule has 0 fully saturated rings. The Balaban J connectivity index is 4.56. The predicted octanol–water partition coefficient (Wildman–Crippen LogP) is 1.60. The zero-order valence-electron chi connectivity index (χ0n) is 13.1. The van der Waals surface area contributed by atoms with Crippen LogP contribution in [-0.4, -0.2) is 43.0 Å². The maximum absolute atomic E-state index is 12.1. The van der Waals surface area contributed by atoms with E-state index in [-0.39, 0.29) is 17.4 Å². The number of nitrogens with zero attached hydrogens (tertiary/aromatic N) is 1. The summed E-state index contributed by atoms with van der Waals surface area (Å²) in [6.45, 7) is 11.1. The van der Waals surface area contributed by atoms with Gasteiger partial charge in [0.1, 0.15) is 0 Å². The van der Waals surface area contributed by atoms with Crippen LogP contribution in [0.5, 0.6) is 0 Å². The van der Waals surface area contributed by atoms with Gasteiger partial charge < -0.3 is 16.0 Å². The fraction of sp³-hybridized carbons (Fsp3) is 0.929. The number of nitrogens with two attached hydrogens (primary N) is 1. The van der Waals surface area contributed by atoms with Crippen LogP contribution in [0.1, 0.15) is 47.5 Å². The van der Waals surface area contributed by atoms with Crippen LogP contribution < -0.4 is 11.1 Å². The second kappa shape index (κ2) is 6.53. The van der Waals surface area contributed by atoms with Gasteiger partial charge in [-0.3, -0.25) is 4.79 Å². The third kappa shape index (κ3) is 5.36. The van der Waals surface area contributed by atoms with E-state index in [4.69, 9.17) is 5.73 Å². The highest BCUT2D eigenvalue weighted by molar-refractivity contribution is 5.85. The summed E-state index contributed by atoms with van der Waals surface area (Å²) in [6, 6.07) is 0.0899. The number of nitrogens with one attached hydrogen (secondary N) is 1. The van der Waals surface area contributed by atoms with Crippen molar-refractivity contribution in [3.05, 3.63) is 0 Å². The van der Waals surface area contributed by atoms with Gasteiger partial charge in [-0.1, -0.05) is 27.2 Å². The van der Waals surface area contributed by atoms with Gasteiger partial charge >= 0.3 is 0 Å². The van der Waals surface area contributed by atoms with Crippen molar-refractivity contribution in [2.24, 2.45) is 11.1 Å². The number of hydrogen-bond donors (Lipinski definition) is 2. The minimum Gasteiger partial charge on any atom is -0.351 e. The maximum Gasteiger partial charge on any atom is 0.240 e. The van der Waals surface area contributed by atoms with Crippen LogP contribution in [0, 0.1) is 5.41 Å². The molecule has 3 N–H and O–H groups in total. The summed E-state index contributed by atoms with van der Waals surface area (Å²) in [7, 11) is 4.08. The molecule has 2 atom stereocenters. The van der Waals surface area contributed by atoms with Crippen LogP contribution >= 0.6 is 0 Å². The molecule has 0 aliphatic heterocycles. The third-order valence-electron chi connectivity index (χ3n) is 3.53. The summed E-state index contributed by atoms with van der Waals surface area (Å²) in [6.07, 6.45) is 1.62. The molecule has 0 saturated heterocycles. The summed E-state index contributed by atoms with van der Waals surface area (Å²) in [4.78, 5) is 14.3. The Labute approximate surface area is 112 Å². The fourth-order valence-corrected chi connectivity index (χ4v) is 2.14. The molecule has 4 heteroatoms. The van der Waals surface area contributed by atoms with Crippen molar-refractivity contribution < 1.29 is 4.79 Å². The molecule has 2 unspecified atom stereocenters. The minimum absolute atomic E-state index is 0.0153. The number of carbonyl (C=O) groups excluding carboxylic acids is 1. The summed E-state index contributed by atoms with van der Waals surface area (Å²) >= 11 is 0. The number of rotatable bonds is 7. The molecule has 4 nitrogen and oxygen atoms in total. The van der Waals surface area contributed by atoms with Crippen LogP contribution in [0.25, 0.3) is 0 Å². The molecule has 0 aliphatic rings. The molecule has 0 saturated carbocycles. The molecule has 0 rings (SSSR count). The second-order valence-corrected chi connectivity index (χ2v) is 6.59. The van der Waals surface area contributed by atoms with E-state index in [1.54, 1.807) is 6.92 Å². The van der Waals surface area contributed by atoms with E-state index in [9.17, 15) is 4.79 Å². The molecule has 0 radical (unpaired) electrons. The van der Waals surface area contributed by atoms with Crippen molar-refractivity contribution in [2.75, 3.05) is 20.6 Å². The SMILES string of the molecule is CCCC(C)(N)C(=O)NC(C)C(C)(C)CN(C)C. The lowest BCUT2D eigenvalue weighted by Gasteiger charge is -2.36. The lowest BCUT2D eigenvalue weighted by molar-refractivity contribution is -0.127. The quantitative estimate of drug-likeness (QED) is 0.728. The van der Waals surface area contributed by atoms with Crippen molar-refractivity contribution in [2.45, 2.75) is 59.0 Å². The van der Waals surface area contributed by atoms with E-state index in [2.05, 4.69) is 24.1 Å². The first-order chi connectivity index (χ1) is 8.03. The highest BCUT2D eigenvalue weighted by atomic mass is 16.2. The van der Waals surface area contributed by atoms with Crippen molar-refractivity contribution in [3.63, 3.8) is 0 Å². The highest BCUT2D eigenvalue weighted by Gasteiger charge is 2.33. The molecule has 0 aliphatic carbocycles. The summed E-state index contributed by atoms with van der Waals surface area (Å²) < 4.78 is 0. The Morgan fingerprint density at radius 3 is 2.22 bits per heavy atom. The van der Waals surface area contributed by atoms with Crippen LogP contribution in [0.2, 0.25) is 0 Å². The van der Waals surface area contributed by atoms with Gasteiger partial charge in [-0.2, -0.15) is 0 Å². The number of carbonyl (C=O) groups is 1.